The van der Waals surface area contributed by atoms with Crippen LogP contribution < -0.4 is 0 Å². The Bertz CT molecular complexity index is 337. The number of likely N-dealkylation sites (N-methyl/N-ethyl adjacent to an activating group) is 1. The zero-order valence-corrected chi connectivity index (χ0v) is 10.1. The Kier molecular flexibility index (Phi) is 2.83. The standard InChI is InChI=1S/C12H17NOS/c1-3-13(4-2)11(14)12(7-8-12)10-6-5-9-15-10/h5-6,9H,3-4,7-8H2,1-2H3. The van der Waals surface area contributed by atoms with Crippen molar-refractivity contribution in [2.45, 2.75) is 32.1 Å². The molecule has 0 bridgehead atoms. The first-order chi connectivity index (χ1) is 7.24. The second-order valence-electron chi connectivity index (χ2n) is 4.04. The fraction of sp³-hybridized carbons (Fsp3) is 0.583. The van der Waals surface area contributed by atoms with Crippen LogP contribution in [0.4, 0.5) is 0 Å². The fourth-order valence-electron chi connectivity index (χ4n) is 2.06. The number of rotatable bonds is 4. The zero-order valence-electron chi connectivity index (χ0n) is 9.32. The van der Waals surface area contributed by atoms with Crippen molar-refractivity contribution in [3.63, 3.8) is 0 Å². The van der Waals surface area contributed by atoms with E-state index in [1.165, 1.54) is 4.88 Å². The molecule has 1 fully saturated rings. The van der Waals surface area contributed by atoms with Gasteiger partial charge in [0.2, 0.25) is 5.91 Å². The van der Waals surface area contributed by atoms with Crippen LogP contribution in [0.25, 0.3) is 0 Å². The van der Waals surface area contributed by atoms with Crippen LogP contribution in [0.3, 0.4) is 0 Å². The highest BCUT2D eigenvalue weighted by molar-refractivity contribution is 7.10. The Morgan fingerprint density at radius 1 is 1.47 bits per heavy atom. The molecule has 1 aromatic rings. The number of amides is 1. The molecule has 82 valence electrons. The molecule has 1 aliphatic rings. The van der Waals surface area contributed by atoms with E-state index in [9.17, 15) is 4.79 Å². The molecule has 0 saturated heterocycles. The lowest BCUT2D eigenvalue weighted by molar-refractivity contribution is -0.133. The normalized spacial score (nSPS) is 17.5. The maximum Gasteiger partial charge on any atom is 0.234 e. The second-order valence-corrected chi connectivity index (χ2v) is 4.98. The van der Waals surface area contributed by atoms with Crippen LogP contribution in [0.1, 0.15) is 31.6 Å². The molecule has 1 amide bonds. The largest absolute Gasteiger partial charge is 0.342 e. The van der Waals surface area contributed by atoms with E-state index in [1.807, 2.05) is 24.8 Å². The van der Waals surface area contributed by atoms with Crippen LogP contribution in [0.15, 0.2) is 17.5 Å². The number of hydrogen-bond donors (Lipinski definition) is 0. The van der Waals surface area contributed by atoms with Crippen LogP contribution in [-0.2, 0) is 10.2 Å². The molecule has 2 nitrogen and oxygen atoms in total. The van der Waals surface area contributed by atoms with Gasteiger partial charge in [-0.05, 0) is 38.1 Å². The minimum Gasteiger partial charge on any atom is -0.342 e. The van der Waals surface area contributed by atoms with Crippen LogP contribution in [0.2, 0.25) is 0 Å². The summed E-state index contributed by atoms with van der Waals surface area (Å²) in [7, 11) is 0. The first-order valence-corrected chi connectivity index (χ1v) is 6.46. The fourth-order valence-corrected chi connectivity index (χ4v) is 3.03. The smallest absolute Gasteiger partial charge is 0.234 e. The van der Waals surface area contributed by atoms with Gasteiger partial charge in [-0.15, -0.1) is 11.3 Å². The summed E-state index contributed by atoms with van der Waals surface area (Å²) < 4.78 is 0. The summed E-state index contributed by atoms with van der Waals surface area (Å²) in [5, 5.41) is 2.06. The van der Waals surface area contributed by atoms with Crippen molar-refractivity contribution in [3.05, 3.63) is 22.4 Å². The summed E-state index contributed by atoms with van der Waals surface area (Å²) in [6, 6.07) is 4.13. The molecule has 1 heterocycles. The lowest BCUT2D eigenvalue weighted by Crippen LogP contribution is -2.38. The van der Waals surface area contributed by atoms with Gasteiger partial charge in [-0.2, -0.15) is 0 Å². The Labute approximate surface area is 94.9 Å². The predicted molar refractivity (Wildman–Crippen MR) is 63.2 cm³/mol. The molecule has 2 rings (SSSR count). The minimum absolute atomic E-state index is 0.139. The van der Waals surface area contributed by atoms with Crippen LogP contribution in [0, 0.1) is 0 Å². The van der Waals surface area contributed by atoms with Crippen LogP contribution in [-0.4, -0.2) is 23.9 Å². The molecule has 0 unspecified atom stereocenters. The van der Waals surface area contributed by atoms with E-state index >= 15 is 0 Å². The molecular weight excluding hydrogens is 206 g/mol. The summed E-state index contributed by atoms with van der Waals surface area (Å²) in [5.41, 5.74) is -0.139. The van der Waals surface area contributed by atoms with Gasteiger partial charge in [0.25, 0.3) is 0 Å². The van der Waals surface area contributed by atoms with Gasteiger partial charge in [0.1, 0.15) is 0 Å². The van der Waals surface area contributed by atoms with Crippen molar-refractivity contribution in [2.24, 2.45) is 0 Å². The van der Waals surface area contributed by atoms with E-state index < -0.39 is 0 Å². The zero-order chi connectivity index (χ0) is 10.9. The summed E-state index contributed by atoms with van der Waals surface area (Å²) >= 11 is 1.71. The van der Waals surface area contributed by atoms with Gasteiger partial charge in [-0.25, -0.2) is 0 Å². The number of carbonyl (C=O) groups is 1. The SMILES string of the molecule is CCN(CC)C(=O)C1(c2cccs2)CC1. The van der Waals surface area contributed by atoms with Gasteiger partial charge < -0.3 is 4.90 Å². The van der Waals surface area contributed by atoms with Crippen LogP contribution in [0.5, 0.6) is 0 Å². The molecule has 1 saturated carbocycles. The molecule has 1 aliphatic carbocycles. The molecule has 3 heteroatoms. The maximum absolute atomic E-state index is 12.3. The van der Waals surface area contributed by atoms with E-state index in [1.54, 1.807) is 11.3 Å². The molecule has 1 aromatic heterocycles. The summed E-state index contributed by atoms with van der Waals surface area (Å²) in [6.45, 7) is 5.74. The highest BCUT2D eigenvalue weighted by Crippen LogP contribution is 2.51. The third-order valence-corrected chi connectivity index (χ3v) is 4.28. The van der Waals surface area contributed by atoms with Crippen molar-refractivity contribution in [1.29, 1.82) is 0 Å². The van der Waals surface area contributed by atoms with Crippen molar-refractivity contribution in [1.82, 2.24) is 4.90 Å². The van der Waals surface area contributed by atoms with Crippen molar-refractivity contribution in [3.8, 4) is 0 Å². The minimum atomic E-state index is -0.139. The maximum atomic E-state index is 12.3. The van der Waals surface area contributed by atoms with E-state index in [4.69, 9.17) is 0 Å². The average molecular weight is 223 g/mol. The van der Waals surface area contributed by atoms with E-state index in [0.717, 1.165) is 25.9 Å². The lowest BCUT2D eigenvalue weighted by atomic mass is 10.0. The number of nitrogens with zero attached hydrogens (tertiary/aromatic N) is 1. The third-order valence-electron chi connectivity index (χ3n) is 3.20. The monoisotopic (exact) mass is 223 g/mol. The van der Waals surface area contributed by atoms with Gasteiger partial charge >= 0.3 is 0 Å². The highest BCUT2D eigenvalue weighted by atomic mass is 32.1. The summed E-state index contributed by atoms with van der Waals surface area (Å²) in [6.07, 6.45) is 2.06. The first-order valence-electron chi connectivity index (χ1n) is 5.58. The predicted octanol–water partition coefficient (Wildman–Crippen LogP) is 2.65. The number of hydrogen-bond acceptors (Lipinski definition) is 2. The van der Waals surface area contributed by atoms with Gasteiger partial charge in [0, 0.05) is 18.0 Å². The first kappa shape index (κ1) is 10.7. The molecule has 0 N–H and O–H groups in total. The summed E-state index contributed by atoms with van der Waals surface area (Å²) in [5.74, 6) is 0.329. The number of thiophene rings is 1. The Morgan fingerprint density at radius 3 is 2.53 bits per heavy atom. The topological polar surface area (TPSA) is 20.3 Å². The third kappa shape index (κ3) is 1.69. The van der Waals surface area contributed by atoms with E-state index in [2.05, 4.69) is 11.4 Å². The van der Waals surface area contributed by atoms with Gasteiger partial charge in [0.15, 0.2) is 0 Å². The van der Waals surface area contributed by atoms with Gasteiger partial charge in [-0.1, -0.05) is 6.07 Å². The average Bonchev–Trinajstić information content (AvgIpc) is 2.88. The molecule has 15 heavy (non-hydrogen) atoms. The molecule has 0 spiro atoms. The molecule has 0 atom stereocenters. The quantitative estimate of drug-likeness (QED) is 0.768. The second kappa shape index (κ2) is 3.97. The van der Waals surface area contributed by atoms with E-state index in [-0.39, 0.29) is 5.41 Å². The number of carbonyl (C=O) groups excluding carboxylic acids is 1. The Morgan fingerprint density at radius 2 is 2.13 bits per heavy atom. The molecule has 0 aromatic carbocycles. The van der Waals surface area contributed by atoms with E-state index in [0.29, 0.717) is 5.91 Å². The summed E-state index contributed by atoms with van der Waals surface area (Å²) in [4.78, 5) is 15.5. The molecule has 0 aliphatic heterocycles. The lowest BCUT2D eigenvalue weighted by Gasteiger charge is -2.24. The van der Waals surface area contributed by atoms with Gasteiger partial charge in [-0.3, -0.25) is 4.79 Å². The highest BCUT2D eigenvalue weighted by Gasteiger charge is 2.53. The van der Waals surface area contributed by atoms with Crippen LogP contribution >= 0.6 is 11.3 Å². The van der Waals surface area contributed by atoms with Crippen molar-refractivity contribution in [2.75, 3.05) is 13.1 Å². The van der Waals surface area contributed by atoms with Crippen molar-refractivity contribution >= 4 is 17.2 Å². The molecular formula is C12H17NOS. The molecule has 0 radical (unpaired) electrons. The Hall–Kier alpha value is -0.830. The van der Waals surface area contributed by atoms with Gasteiger partial charge in [0.05, 0.1) is 5.41 Å². The van der Waals surface area contributed by atoms with Crippen molar-refractivity contribution < 1.29 is 4.79 Å². The Balaban J connectivity index is 2.20.